The molecule has 4 aromatic rings. The second-order valence-electron chi connectivity index (χ2n) is 5.81. The van der Waals surface area contributed by atoms with E-state index in [4.69, 9.17) is 0 Å². The van der Waals surface area contributed by atoms with Crippen molar-refractivity contribution in [3.8, 4) is 0 Å². The molecule has 1 amide bonds. The van der Waals surface area contributed by atoms with Crippen LogP contribution in [0.15, 0.2) is 53.3 Å². The molecule has 124 valence electrons. The van der Waals surface area contributed by atoms with Gasteiger partial charge in [-0.1, -0.05) is 30.3 Å². The van der Waals surface area contributed by atoms with E-state index in [-0.39, 0.29) is 18.0 Å². The zero-order chi connectivity index (χ0) is 17.4. The van der Waals surface area contributed by atoms with Crippen molar-refractivity contribution in [3.05, 3.63) is 70.4 Å². The van der Waals surface area contributed by atoms with Gasteiger partial charge in [0.2, 0.25) is 0 Å². The van der Waals surface area contributed by atoms with Gasteiger partial charge < -0.3 is 9.88 Å². The van der Waals surface area contributed by atoms with E-state index in [9.17, 15) is 9.59 Å². The molecule has 0 atom stereocenters. The lowest BCUT2D eigenvalue weighted by molar-refractivity contribution is 0.0777. The van der Waals surface area contributed by atoms with E-state index in [1.807, 2.05) is 30.3 Å². The molecule has 0 saturated heterocycles. The maximum absolute atomic E-state index is 12.7. The molecule has 0 radical (unpaired) electrons. The Kier molecular flexibility index (Phi) is 3.53. The monoisotopic (exact) mass is 333 g/mol. The van der Waals surface area contributed by atoms with Crippen LogP contribution in [0.25, 0.3) is 21.8 Å². The number of hydrogen-bond acceptors (Lipinski definition) is 4. The third-order valence-electron chi connectivity index (χ3n) is 4.07. The van der Waals surface area contributed by atoms with Gasteiger partial charge in [-0.3, -0.25) is 14.7 Å². The number of aromatic nitrogens is 4. The summed E-state index contributed by atoms with van der Waals surface area (Å²) in [4.78, 5) is 33.5. The van der Waals surface area contributed by atoms with Gasteiger partial charge in [0.05, 0.1) is 23.0 Å². The van der Waals surface area contributed by atoms with E-state index in [1.54, 1.807) is 25.2 Å². The fourth-order valence-corrected chi connectivity index (χ4v) is 2.81. The highest BCUT2D eigenvalue weighted by atomic mass is 16.2. The van der Waals surface area contributed by atoms with Crippen LogP contribution in [0.1, 0.15) is 16.3 Å². The van der Waals surface area contributed by atoms with Crippen LogP contribution in [0.3, 0.4) is 0 Å². The van der Waals surface area contributed by atoms with Crippen molar-refractivity contribution in [2.45, 2.75) is 6.54 Å². The first-order chi connectivity index (χ1) is 12.1. The summed E-state index contributed by atoms with van der Waals surface area (Å²) in [5.41, 5.74) is 1.54. The Bertz CT molecular complexity index is 1140. The number of H-pyrrole nitrogens is 2. The first kappa shape index (κ1) is 15.1. The third kappa shape index (κ3) is 2.65. The Morgan fingerprint density at radius 2 is 1.80 bits per heavy atom. The minimum Gasteiger partial charge on any atom is -0.333 e. The van der Waals surface area contributed by atoms with Crippen LogP contribution < -0.4 is 5.56 Å². The summed E-state index contributed by atoms with van der Waals surface area (Å²) in [6.07, 6.45) is 0. The number of carbonyl (C=O) groups is 1. The van der Waals surface area contributed by atoms with E-state index in [0.717, 1.165) is 10.9 Å². The SMILES string of the molecule is CN(Cc1nc2ccccc2c(=O)[nH]1)C(=O)c1n[nH]c2ccccc12. The molecular formula is C18H15N5O2. The van der Waals surface area contributed by atoms with Gasteiger partial charge in [0.1, 0.15) is 5.82 Å². The molecule has 0 spiro atoms. The molecule has 2 aromatic heterocycles. The molecule has 2 heterocycles. The molecule has 7 heteroatoms. The van der Waals surface area contributed by atoms with Crippen molar-refractivity contribution >= 4 is 27.7 Å². The normalized spacial score (nSPS) is 11.1. The van der Waals surface area contributed by atoms with Crippen molar-refractivity contribution in [2.24, 2.45) is 0 Å². The van der Waals surface area contributed by atoms with E-state index in [2.05, 4.69) is 20.2 Å². The van der Waals surface area contributed by atoms with Crippen LogP contribution in [0.2, 0.25) is 0 Å². The minimum atomic E-state index is -0.242. The van der Waals surface area contributed by atoms with Crippen molar-refractivity contribution in [1.82, 2.24) is 25.1 Å². The van der Waals surface area contributed by atoms with Crippen molar-refractivity contribution < 1.29 is 4.79 Å². The predicted octanol–water partition coefficient (Wildman–Crippen LogP) is 2.07. The Balaban J connectivity index is 1.64. The van der Waals surface area contributed by atoms with E-state index >= 15 is 0 Å². The average Bonchev–Trinajstić information content (AvgIpc) is 3.05. The first-order valence-corrected chi connectivity index (χ1v) is 7.80. The molecule has 0 fully saturated rings. The Hall–Kier alpha value is -3.48. The molecule has 2 aromatic carbocycles. The molecule has 4 rings (SSSR count). The summed E-state index contributed by atoms with van der Waals surface area (Å²) >= 11 is 0. The van der Waals surface area contributed by atoms with Crippen molar-refractivity contribution in [1.29, 1.82) is 0 Å². The second kappa shape index (κ2) is 5.86. The molecule has 0 aliphatic rings. The number of aromatic amines is 2. The highest BCUT2D eigenvalue weighted by Gasteiger charge is 2.19. The number of carbonyl (C=O) groups excluding carboxylic acids is 1. The number of amides is 1. The number of nitrogens with one attached hydrogen (secondary N) is 2. The Morgan fingerprint density at radius 1 is 1.08 bits per heavy atom. The third-order valence-corrected chi connectivity index (χ3v) is 4.07. The van der Waals surface area contributed by atoms with Gasteiger partial charge in [0.25, 0.3) is 11.5 Å². The molecule has 0 aliphatic carbocycles. The predicted molar refractivity (Wildman–Crippen MR) is 94.3 cm³/mol. The summed E-state index contributed by atoms with van der Waals surface area (Å²) < 4.78 is 0. The quantitative estimate of drug-likeness (QED) is 0.600. The van der Waals surface area contributed by atoms with Crippen LogP contribution in [0, 0.1) is 0 Å². The lowest BCUT2D eigenvalue weighted by Crippen LogP contribution is -2.28. The van der Waals surface area contributed by atoms with Gasteiger partial charge in [-0.15, -0.1) is 0 Å². The summed E-state index contributed by atoms with van der Waals surface area (Å²) in [5.74, 6) is 0.188. The number of para-hydroxylation sites is 2. The topological polar surface area (TPSA) is 94.7 Å². The molecule has 25 heavy (non-hydrogen) atoms. The first-order valence-electron chi connectivity index (χ1n) is 7.80. The highest BCUT2D eigenvalue weighted by Crippen LogP contribution is 2.17. The van der Waals surface area contributed by atoms with E-state index in [0.29, 0.717) is 22.4 Å². The van der Waals surface area contributed by atoms with Crippen LogP contribution >= 0.6 is 0 Å². The summed E-state index contributed by atoms with van der Waals surface area (Å²) in [7, 11) is 1.65. The lowest BCUT2D eigenvalue weighted by atomic mass is 10.2. The molecule has 7 nitrogen and oxygen atoms in total. The molecule has 0 bridgehead atoms. The number of rotatable bonds is 3. The maximum atomic E-state index is 12.7. The highest BCUT2D eigenvalue weighted by molar-refractivity contribution is 6.04. The van der Waals surface area contributed by atoms with E-state index < -0.39 is 0 Å². The second-order valence-corrected chi connectivity index (χ2v) is 5.81. The fourth-order valence-electron chi connectivity index (χ4n) is 2.81. The average molecular weight is 333 g/mol. The largest absolute Gasteiger partial charge is 0.333 e. The molecule has 0 unspecified atom stereocenters. The molecule has 0 saturated carbocycles. The summed E-state index contributed by atoms with van der Waals surface area (Å²) in [6.45, 7) is 0.181. The van der Waals surface area contributed by atoms with E-state index in [1.165, 1.54) is 4.90 Å². The lowest BCUT2D eigenvalue weighted by Gasteiger charge is -2.15. The molecular weight excluding hydrogens is 318 g/mol. The number of fused-ring (bicyclic) bond motifs is 2. The van der Waals surface area contributed by atoms with Gasteiger partial charge in [0, 0.05) is 12.4 Å². The number of hydrogen-bond donors (Lipinski definition) is 2. The Morgan fingerprint density at radius 3 is 2.64 bits per heavy atom. The van der Waals surface area contributed by atoms with Crippen LogP contribution in [0.5, 0.6) is 0 Å². The van der Waals surface area contributed by atoms with Gasteiger partial charge in [-0.25, -0.2) is 4.98 Å². The van der Waals surface area contributed by atoms with Gasteiger partial charge in [-0.2, -0.15) is 5.10 Å². The zero-order valence-corrected chi connectivity index (χ0v) is 13.5. The number of nitrogens with zero attached hydrogens (tertiary/aromatic N) is 3. The number of benzene rings is 2. The van der Waals surface area contributed by atoms with Gasteiger partial charge in [0.15, 0.2) is 5.69 Å². The smallest absolute Gasteiger partial charge is 0.275 e. The molecule has 0 aliphatic heterocycles. The van der Waals surface area contributed by atoms with Gasteiger partial charge >= 0.3 is 0 Å². The standard InChI is InChI=1S/C18H15N5O2/c1-23(18(25)16-11-6-2-5-9-14(11)21-22-16)10-15-19-13-8-4-3-7-12(13)17(24)20-15/h2-9H,10H2,1H3,(H,21,22)(H,19,20,24). The zero-order valence-electron chi connectivity index (χ0n) is 13.5. The van der Waals surface area contributed by atoms with Gasteiger partial charge in [-0.05, 0) is 18.2 Å². The van der Waals surface area contributed by atoms with Crippen LogP contribution in [-0.2, 0) is 6.54 Å². The van der Waals surface area contributed by atoms with Crippen LogP contribution in [-0.4, -0.2) is 38.0 Å². The Labute approximate surface area is 142 Å². The minimum absolute atomic E-state index is 0.181. The summed E-state index contributed by atoms with van der Waals surface area (Å²) in [6, 6.07) is 14.5. The van der Waals surface area contributed by atoms with Crippen molar-refractivity contribution in [2.75, 3.05) is 7.05 Å². The summed E-state index contributed by atoms with van der Waals surface area (Å²) in [5, 5.41) is 8.26. The maximum Gasteiger partial charge on any atom is 0.275 e. The van der Waals surface area contributed by atoms with Crippen LogP contribution in [0.4, 0.5) is 0 Å². The molecule has 2 N–H and O–H groups in total. The fraction of sp³-hybridized carbons (Fsp3) is 0.111. The van der Waals surface area contributed by atoms with Crippen molar-refractivity contribution in [3.63, 3.8) is 0 Å².